The van der Waals surface area contributed by atoms with Crippen LogP contribution in [0.15, 0.2) is 36.9 Å². The first-order chi connectivity index (χ1) is 10.3. The molecule has 0 spiro atoms. The molecule has 5 nitrogen and oxygen atoms in total. The van der Waals surface area contributed by atoms with E-state index in [0.29, 0.717) is 19.8 Å². The van der Waals surface area contributed by atoms with Gasteiger partial charge in [-0.15, -0.1) is 0 Å². The molecule has 1 N–H and O–H groups in total. The highest BCUT2D eigenvalue weighted by atomic mass is 16.5. The molecule has 0 aliphatic carbocycles. The Balaban J connectivity index is 1.75. The smallest absolute Gasteiger partial charge is 0.238 e. The maximum Gasteiger partial charge on any atom is 0.238 e. The predicted octanol–water partition coefficient (Wildman–Crippen LogP) is 1.47. The van der Waals surface area contributed by atoms with Crippen LogP contribution in [0, 0.1) is 0 Å². The normalized spacial score (nSPS) is 25.3. The zero-order valence-corrected chi connectivity index (χ0v) is 12.0. The summed E-state index contributed by atoms with van der Waals surface area (Å²) in [6.45, 7) is 5.86. The number of benzene rings is 1. The number of hydrogen-bond donors (Lipinski definition) is 1. The van der Waals surface area contributed by atoms with Gasteiger partial charge in [-0.05, 0) is 24.1 Å². The molecule has 2 aliphatic rings. The number of rotatable bonds is 5. The van der Waals surface area contributed by atoms with Gasteiger partial charge >= 0.3 is 0 Å². The van der Waals surface area contributed by atoms with E-state index in [2.05, 4.69) is 11.9 Å². The Kier molecular flexibility index (Phi) is 4.22. The van der Waals surface area contributed by atoms with Gasteiger partial charge in [0.25, 0.3) is 0 Å². The van der Waals surface area contributed by atoms with Crippen LogP contribution >= 0.6 is 0 Å². The van der Waals surface area contributed by atoms with E-state index in [1.807, 2.05) is 29.2 Å². The van der Waals surface area contributed by atoms with Crippen LogP contribution in [0.5, 0.6) is 5.75 Å². The maximum atomic E-state index is 12.1. The molecular weight excluding hydrogens is 268 g/mol. The van der Waals surface area contributed by atoms with Gasteiger partial charge in [0.1, 0.15) is 18.5 Å². The predicted molar refractivity (Wildman–Crippen MR) is 78.9 cm³/mol. The van der Waals surface area contributed by atoms with E-state index in [1.54, 1.807) is 6.08 Å². The largest absolute Gasteiger partial charge is 0.490 e. The number of amides is 1. The van der Waals surface area contributed by atoms with Gasteiger partial charge in [-0.2, -0.15) is 0 Å². The summed E-state index contributed by atoms with van der Waals surface area (Å²) in [5.74, 6) is 0.946. The van der Waals surface area contributed by atoms with Crippen molar-refractivity contribution in [2.24, 2.45) is 0 Å². The van der Waals surface area contributed by atoms with E-state index >= 15 is 0 Å². The molecule has 1 amide bonds. The van der Waals surface area contributed by atoms with Crippen LogP contribution < -0.4 is 10.1 Å². The van der Waals surface area contributed by atoms with E-state index in [9.17, 15) is 4.79 Å². The van der Waals surface area contributed by atoms with Crippen molar-refractivity contribution in [1.29, 1.82) is 0 Å². The lowest BCUT2D eigenvalue weighted by atomic mass is 10.1. The molecule has 2 fully saturated rings. The van der Waals surface area contributed by atoms with Crippen molar-refractivity contribution >= 4 is 5.91 Å². The molecule has 1 aromatic carbocycles. The molecule has 1 aromatic rings. The monoisotopic (exact) mass is 288 g/mol. The lowest BCUT2D eigenvalue weighted by Crippen LogP contribution is -2.40. The van der Waals surface area contributed by atoms with E-state index < -0.39 is 0 Å². The molecule has 112 valence electrons. The lowest BCUT2D eigenvalue weighted by molar-refractivity contribution is -0.130. The standard InChI is InChI=1S/C16H20N2O3/c1-2-8-21-14-5-3-12(4-6-14)16-17-10-15(19)18(16)13-7-9-20-11-13/h2-6,13,16-17H,1,7-11H2. The fourth-order valence-electron chi connectivity index (χ4n) is 2.85. The van der Waals surface area contributed by atoms with Crippen LogP contribution in [0.25, 0.3) is 0 Å². The highest BCUT2D eigenvalue weighted by Gasteiger charge is 2.38. The quantitative estimate of drug-likeness (QED) is 0.834. The van der Waals surface area contributed by atoms with E-state index in [-0.39, 0.29) is 18.1 Å². The minimum absolute atomic E-state index is 0.0716. The van der Waals surface area contributed by atoms with Gasteiger partial charge in [-0.3, -0.25) is 10.1 Å². The molecule has 5 heteroatoms. The summed E-state index contributed by atoms with van der Waals surface area (Å²) in [5, 5.41) is 3.28. The van der Waals surface area contributed by atoms with E-state index in [1.165, 1.54) is 0 Å². The lowest BCUT2D eigenvalue weighted by Gasteiger charge is -2.29. The Morgan fingerprint density at radius 1 is 1.43 bits per heavy atom. The molecule has 0 radical (unpaired) electrons. The summed E-state index contributed by atoms with van der Waals surface area (Å²) in [6, 6.07) is 8.02. The average molecular weight is 288 g/mol. The van der Waals surface area contributed by atoms with E-state index in [0.717, 1.165) is 24.3 Å². The van der Waals surface area contributed by atoms with Crippen molar-refractivity contribution in [2.75, 3.05) is 26.4 Å². The number of ether oxygens (including phenoxy) is 2. The summed E-state index contributed by atoms with van der Waals surface area (Å²) in [7, 11) is 0. The first-order valence-electron chi connectivity index (χ1n) is 7.25. The number of carbonyl (C=O) groups is 1. The third-order valence-corrected chi connectivity index (χ3v) is 3.88. The van der Waals surface area contributed by atoms with Crippen molar-refractivity contribution in [2.45, 2.75) is 18.6 Å². The molecule has 3 rings (SSSR count). The molecule has 2 atom stereocenters. The van der Waals surface area contributed by atoms with Crippen molar-refractivity contribution in [3.05, 3.63) is 42.5 Å². The summed E-state index contributed by atoms with van der Waals surface area (Å²) < 4.78 is 10.9. The first kappa shape index (κ1) is 14.1. The number of nitrogens with zero attached hydrogens (tertiary/aromatic N) is 1. The van der Waals surface area contributed by atoms with Gasteiger partial charge in [-0.25, -0.2) is 0 Å². The number of carbonyl (C=O) groups excluding carboxylic acids is 1. The van der Waals surface area contributed by atoms with Gasteiger partial charge in [0.15, 0.2) is 0 Å². The topological polar surface area (TPSA) is 50.8 Å². The van der Waals surface area contributed by atoms with Crippen LogP contribution in [-0.2, 0) is 9.53 Å². The molecule has 21 heavy (non-hydrogen) atoms. The van der Waals surface area contributed by atoms with Gasteiger partial charge in [0, 0.05) is 6.61 Å². The minimum atomic E-state index is -0.0716. The Hall–Kier alpha value is -1.85. The number of nitrogens with one attached hydrogen (secondary N) is 1. The molecule has 2 heterocycles. The molecule has 2 aliphatic heterocycles. The van der Waals surface area contributed by atoms with Gasteiger partial charge in [0.05, 0.1) is 19.2 Å². The second kappa shape index (κ2) is 6.28. The first-order valence-corrected chi connectivity index (χ1v) is 7.25. The minimum Gasteiger partial charge on any atom is -0.490 e. The van der Waals surface area contributed by atoms with Crippen LogP contribution in [-0.4, -0.2) is 43.2 Å². The summed E-state index contributed by atoms with van der Waals surface area (Å²) in [5.41, 5.74) is 1.07. The third kappa shape index (κ3) is 2.94. The molecular formula is C16H20N2O3. The van der Waals surface area contributed by atoms with Crippen molar-refractivity contribution in [1.82, 2.24) is 10.2 Å². The highest BCUT2D eigenvalue weighted by Crippen LogP contribution is 2.29. The van der Waals surface area contributed by atoms with Gasteiger partial charge in [0.2, 0.25) is 5.91 Å². The molecule has 2 saturated heterocycles. The third-order valence-electron chi connectivity index (χ3n) is 3.88. The van der Waals surface area contributed by atoms with Crippen molar-refractivity contribution < 1.29 is 14.3 Å². The SMILES string of the molecule is C=CCOc1ccc(C2NCC(=O)N2C2CCOC2)cc1. The second-order valence-corrected chi connectivity index (χ2v) is 5.27. The Morgan fingerprint density at radius 3 is 2.90 bits per heavy atom. The molecule has 2 unspecified atom stereocenters. The van der Waals surface area contributed by atoms with E-state index in [4.69, 9.17) is 9.47 Å². The van der Waals surface area contributed by atoms with Crippen LogP contribution in [0.3, 0.4) is 0 Å². The second-order valence-electron chi connectivity index (χ2n) is 5.27. The summed E-state index contributed by atoms with van der Waals surface area (Å²) >= 11 is 0. The fourth-order valence-corrected chi connectivity index (χ4v) is 2.85. The van der Waals surface area contributed by atoms with Crippen LogP contribution in [0.2, 0.25) is 0 Å². The maximum absolute atomic E-state index is 12.1. The zero-order chi connectivity index (χ0) is 14.7. The average Bonchev–Trinajstić information content (AvgIpc) is 3.14. The van der Waals surface area contributed by atoms with Gasteiger partial charge < -0.3 is 14.4 Å². The van der Waals surface area contributed by atoms with Crippen LogP contribution in [0.1, 0.15) is 18.2 Å². The molecule has 0 saturated carbocycles. The van der Waals surface area contributed by atoms with Crippen molar-refractivity contribution in [3.8, 4) is 5.75 Å². The molecule has 0 aromatic heterocycles. The highest BCUT2D eigenvalue weighted by molar-refractivity contribution is 5.81. The Bertz CT molecular complexity index is 509. The van der Waals surface area contributed by atoms with Gasteiger partial charge in [-0.1, -0.05) is 24.8 Å². The van der Waals surface area contributed by atoms with Crippen LogP contribution in [0.4, 0.5) is 0 Å². The van der Waals surface area contributed by atoms with Crippen molar-refractivity contribution in [3.63, 3.8) is 0 Å². The number of hydrogen-bond acceptors (Lipinski definition) is 4. The fraction of sp³-hybridized carbons (Fsp3) is 0.438. The summed E-state index contributed by atoms with van der Waals surface area (Å²) in [4.78, 5) is 14.0. The molecule has 0 bridgehead atoms. The Morgan fingerprint density at radius 2 is 2.24 bits per heavy atom. The summed E-state index contributed by atoms with van der Waals surface area (Å²) in [6.07, 6.45) is 2.55. The zero-order valence-electron chi connectivity index (χ0n) is 12.0. The Labute approximate surface area is 124 Å².